The summed E-state index contributed by atoms with van der Waals surface area (Å²) in [6.07, 6.45) is 0. The van der Waals surface area contributed by atoms with Gasteiger partial charge in [0.1, 0.15) is 5.82 Å². The normalized spacial score (nSPS) is 16.6. The van der Waals surface area contributed by atoms with Crippen LogP contribution in [0.25, 0.3) is 0 Å². The summed E-state index contributed by atoms with van der Waals surface area (Å²) in [4.78, 5) is 9.43. The summed E-state index contributed by atoms with van der Waals surface area (Å²) in [5.74, 6) is 0.728. The van der Waals surface area contributed by atoms with Crippen molar-refractivity contribution in [1.29, 1.82) is 0 Å². The number of halogens is 1. The van der Waals surface area contributed by atoms with Crippen LogP contribution < -0.4 is 10.6 Å². The molecule has 1 aliphatic heterocycles. The van der Waals surface area contributed by atoms with E-state index in [9.17, 15) is 8.60 Å². The van der Waals surface area contributed by atoms with Crippen LogP contribution in [0.4, 0.5) is 10.1 Å². The molecule has 26 heavy (non-hydrogen) atoms. The molecule has 2 N–H and O–H groups in total. The second-order valence-electron chi connectivity index (χ2n) is 6.05. The molecule has 7 heteroatoms. The molecule has 1 saturated heterocycles. The van der Waals surface area contributed by atoms with E-state index in [4.69, 9.17) is 5.73 Å². The van der Waals surface area contributed by atoms with Crippen LogP contribution in [0.3, 0.4) is 0 Å². The number of benzene rings is 2. The van der Waals surface area contributed by atoms with E-state index in [1.165, 1.54) is 12.1 Å². The second-order valence-corrected chi connectivity index (χ2v) is 7.62. The van der Waals surface area contributed by atoms with Gasteiger partial charge in [0.25, 0.3) is 0 Å². The van der Waals surface area contributed by atoms with Gasteiger partial charge in [-0.15, -0.1) is 0 Å². The van der Waals surface area contributed by atoms with E-state index in [1.807, 2.05) is 35.2 Å². The van der Waals surface area contributed by atoms with E-state index in [-0.39, 0.29) is 5.82 Å². The average Bonchev–Trinajstić information content (AvgIpc) is 2.69. The third-order valence-electron chi connectivity index (χ3n) is 4.35. The fraction of sp³-hybridized carbons (Fsp3) is 0.316. The van der Waals surface area contributed by atoms with Crippen LogP contribution in [0.2, 0.25) is 0 Å². The lowest BCUT2D eigenvalue weighted by molar-refractivity contribution is 0.381. The summed E-state index contributed by atoms with van der Waals surface area (Å²) < 4.78 is 25.2. The van der Waals surface area contributed by atoms with Gasteiger partial charge in [-0.2, -0.15) is 0 Å². The van der Waals surface area contributed by atoms with Crippen molar-refractivity contribution in [3.63, 3.8) is 0 Å². The van der Waals surface area contributed by atoms with Crippen LogP contribution in [0.5, 0.6) is 0 Å². The molecule has 138 valence electrons. The molecule has 0 aromatic heterocycles. The molecular weight excluding hydrogens is 351 g/mol. The lowest BCUT2D eigenvalue weighted by Gasteiger charge is -2.36. The molecule has 1 aliphatic rings. The Kier molecular flexibility index (Phi) is 6.22. The van der Waals surface area contributed by atoms with Gasteiger partial charge in [0.05, 0.1) is 17.3 Å². The number of anilines is 1. The summed E-state index contributed by atoms with van der Waals surface area (Å²) in [7, 11) is -1.06. The van der Waals surface area contributed by atoms with Gasteiger partial charge in [0.2, 0.25) is 0 Å². The highest BCUT2D eigenvalue weighted by molar-refractivity contribution is 7.85. The topological polar surface area (TPSA) is 61.9 Å². The highest BCUT2D eigenvalue weighted by Gasteiger charge is 2.18. The van der Waals surface area contributed by atoms with Gasteiger partial charge in [-0.1, -0.05) is 18.2 Å². The molecule has 0 radical (unpaired) electrons. The molecule has 0 saturated carbocycles. The van der Waals surface area contributed by atoms with Gasteiger partial charge in [-0.3, -0.25) is 9.20 Å². The zero-order chi connectivity index (χ0) is 18.4. The minimum atomic E-state index is -1.06. The second kappa shape index (κ2) is 8.80. The summed E-state index contributed by atoms with van der Waals surface area (Å²) >= 11 is 0. The number of guanidine groups is 1. The molecule has 0 spiro atoms. The Morgan fingerprint density at radius 3 is 2.35 bits per heavy atom. The Labute approximate surface area is 155 Å². The first kappa shape index (κ1) is 18.4. The smallest absolute Gasteiger partial charge is 0.191 e. The number of rotatable bonds is 5. The third-order valence-corrected chi connectivity index (χ3v) is 5.70. The lowest BCUT2D eigenvalue weighted by atomic mass is 10.2. The Balaban J connectivity index is 1.47. The van der Waals surface area contributed by atoms with Crippen LogP contribution in [0.15, 0.2) is 64.5 Å². The first-order valence-corrected chi connectivity index (χ1v) is 9.94. The van der Waals surface area contributed by atoms with Crippen LogP contribution >= 0.6 is 0 Å². The molecule has 1 atom stereocenters. The molecule has 2 aromatic carbocycles. The Bertz CT molecular complexity index is 759. The number of nitrogens with two attached hydrogens (primary N) is 1. The van der Waals surface area contributed by atoms with E-state index in [0.717, 1.165) is 36.8 Å². The standard InChI is InChI=1S/C19H23FN4OS/c20-16-6-8-17(9-7-16)23-11-13-24(14-12-23)19(21)22-10-15-26(25)18-4-2-1-3-5-18/h1-9H,10-15H2,(H2,21,22). The Morgan fingerprint density at radius 1 is 1.04 bits per heavy atom. The monoisotopic (exact) mass is 374 g/mol. The van der Waals surface area contributed by atoms with Gasteiger partial charge in [0, 0.05) is 42.5 Å². The van der Waals surface area contributed by atoms with E-state index in [1.54, 1.807) is 12.1 Å². The van der Waals surface area contributed by atoms with Gasteiger partial charge in [-0.05, 0) is 36.4 Å². The predicted octanol–water partition coefficient (Wildman–Crippen LogP) is 2.07. The maximum atomic E-state index is 13.0. The number of nitrogens with zero attached hydrogens (tertiary/aromatic N) is 3. The van der Waals surface area contributed by atoms with Gasteiger partial charge >= 0.3 is 0 Å². The van der Waals surface area contributed by atoms with Crippen molar-refractivity contribution < 1.29 is 8.60 Å². The Hall–Kier alpha value is -2.41. The number of hydrogen-bond acceptors (Lipinski definition) is 3. The average molecular weight is 374 g/mol. The molecule has 3 rings (SSSR count). The zero-order valence-electron chi connectivity index (χ0n) is 14.6. The molecule has 0 amide bonds. The minimum Gasteiger partial charge on any atom is -0.370 e. The van der Waals surface area contributed by atoms with Crippen LogP contribution in [-0.2, 0) is 10.8 Å². The SMILES string of the molecule is NC(=NCCS(=O)c1ccccc1)N1CCN(c2ccc(F)cc2)CC1. The van der Waals surface area contributed by atoms with Crippen molar-refractivity contribution in [2.45, 2.75) is 4.90 Å². The largest absolute Gasteiger partial charge is 0.370 e. The molecule has 2 aromatic rings. The summed E-state index contributed by atoms with van der Waals surface area (Å²) in [6.45, 7) is 3.56. The van der Waals surface area contributed by atoms with Crippen molar-refractivity contribution in [3.8, 4) is 0 Å². The Morgan fingerprint density at radius 2 is 1.69 bits per heavy atom. The molecule has 0 aliphatic carbocycles. The third kappa shape index (κ3) is 4.82. The van der Waals surface area contributed by atoms with E-state index >= 15 is 0 Å². The lowest BCUT2D eigenvalue weighted by Crippen LogP contribution is -2.51. The van der Waals surface area contributed by atoms with Crippen molar-refractivity contribution >= 4 is 22.4 Å². The van der Waals surface area contributed by atoms with Crippen LogP contribution in [0.1, 0.15) is 0 Å². The fourth-order valence-corrected chi connectivity index (χ4v) is 3.83. The number of piperazine rings is 1. The number of hydrogen-bond donors (Lipinski definition) is 1. The van der Waals surface area contributed by atoms with Crippen molar-refractivity contribution in [1.82, 2.24) is 4.90 Å². The van der Waals surface area contributed by atoms with Gasteiger partial charge < -0.3 is 15.5 Å². The van der Waals surface area contributed by atoms with E-state index in [0.29, 0.717) is 18.3 Å². The predicted molar refractivity (Wildman–Crippen MR) is 104 cm³/mol. The fourth-order valence-electron chi connectivity index (χ4n) is 2.88. The maximum Gasteiger partial charge on any atom is 0.191 e. The van der Waals surface area contributed by atoms with Crippen LogP contribution in [0, 0.1) is 5.82 Å². The molecule has 1 heterocycles. The maximum absolute atomic E-state index is 13.0. The molecule has 1 unspecified atom stereocenters. The first-order valence-electron chi connectivity index (χ1n) is 8.62. The van der Waals surface area contributed by atoms with Gasteiger partial charge in [0.15, 0.2) is 5.96 Å². The molecule has 1 fully saturated rings. The highest BCUT2D eigenvalue weighted by Crippen LogP contribution is 2.16. The molecule has 0 bridgehead atoms. The van der Waals surface area contributed by atoms with Gasteiger partial charge in [-0.25, -0.2) is 4.39 Å². The molecule has 5 nitrogen and oxygen atoms in total. The highest BCUT2D eigenvalue weighted by atomic mass is 32.2. The van der Waals surface area contributed by atoms with E-state index < -0.39 is 10.8 Å². The molecular formula is C19H23FN4OS. The zero-order valence-corrected chi connectivity index (χ0v) is 15.4. The van der Waals surface area contributed by atoms with E-state index in [2.05, 4.69) is 9.89 Å². The van der Waals surface area contributed by atoms with Crippen LogP contribution in [-0.4, -0.2) is 53.5 Å². The first-order chi connectivity index (χ1) is 12.6. The van der Waals surface area contributed by atoms with Crippen molar-refractivity contribution in [2.24, 2.45) is 10.7 Å². The summed E-state index contributed by atoms with van der Waals surface area (Å²) in [5.41, 5.74) is 7.10. The number of aliphatic imine (C=N–C) groups is 1. The summed E-state index contributed by atoms with van der Waals surface area (Å²) in [6, 6.07) is 15.9. The minimum absolute atomic E-state index is 0.225. The van der Waals surface area contributed by atoms with Crippen molar-refractivity contribution in [3.05, 3.63) is 60.4 Å². The van der Waals surface area contributed by atoms with Crippen molar-refractivity contribution in [2.75, 3.05) is 43.4 Å². The quantitative estimate of drug-likeness (QED) is 0.643. The summed E-state index contributed by atoms with van der Waals surface area (Å²) in [5, 5.41) is 0.